The van der Waals surface area contributed by atoms with Gasteiger partial charge in [0.1, 0.15) is 5.76 Å². The largest absolute Gasteiger partial charge is 0.452 e. The van der Waals surface area contributed by atoms with Gasteiger partial charge in [-0.3, -0.25) is 14.4 Å². The average molecular weight is 390 g/mol. The Hall–Kier alpha value is -4.07. The number of hydrogen-bond acceptors (Lipinski definition) is 7. The van der Waals surface area contributed by atoms with Crippen LogP contribution in [0.1, 0.15) is 48.0 Å². The van der Waals surface area contributed by atoms with E-state index < -0.39 is 24.3 Å². The Kier molecular flexibility index (Phi) is 4.52. The van der Waals surface area contributed by atoms with E-state index >= 15 is 0 Å². The number of anilines is 1. The highest BCUT2D eigenvalue weighted by molar-refractivity contribution is 6.30. The number of rotatable bonds is 4. The molecule has 0 spiro atoms. The molecule has 1 N–H and O–H groups in total. The van der Waals surface area contributed by atoms with Crippen molar-refractivity contribution >= 4 is 29.3 Å². The summed E-state index contributed by atoms with van der Waals surface area (Å²) in [5, 5.41) is 6.03. The van der Waals surface area contributed by atoms with Gasteiger partial charge in [0.15, 0.2) is 24.0 Å². The highest BCUT2D eigenvalue weighted by Gasteiger charge is 2.33. The van der Waals surface area contributed by atoms with Crippen molar-refractivity contribution < 1.29 is 28.4 Å². The van der Waals surface area contributed by atoms with Crippen LogP contribution < -0.4 is 5.32 Å². The van der Waals surface area contributed by atoms with Crippen LogP contribution in [0.15, 0.2) is 53.1 Å². The molecule has 1 amide bonds. The standard InChI is InChI=1S/C21H14N2O6/c1-11-9-16(23-29-11)22-17(24)10-28-21(27)15-8-4-7-14-18(15)20(26)13-6-3-2-5-12(13)19(14)25/h2-9H,10H2,1H3,(H,22,23,24). The van der Waals surface area contributed by atoms with Gasteiger partial charge in [0.25, 0.3) is 5.91 Å². The Bertz CT molecular complexity index is 1180. The monoisotopic (exact) mass is 390 g/mol. The topological polar surface area (TPSA) is 116 Å². The lowest BCUT2D eigenvalue weighted by Gasteiger charge is -2.19. The van der Waals surface area contributed by atoms with E-state index in [0.717, 1.165) is 0 Å². The maximum Gasteiger partial charge on any atom is 0.339 e. The van der Waals surface area contributed by atoms with Crippen LogP contribution in [0, 0.1) is 6.92 Å². The Labute approximate surface area is 164 Å². The first-order valence-electron chi connectivity index (χ1n) is 8.67. The summed E-state index contributed by atoms with van der Waals surface area (Å²) in [6, 6.07) is 12.3. The molecule has 3 aromatic rings. The van der Waals surface area contributed by atoms with E-state index in [0.29, 0.717) is 5.76 Å². The SMILES string of the molecule is Cc1cc(NC(=O)COC(=O)c2cccc3c2C(=O)c2ccccc2C3=O)no1. The summed E-state index contributed by atoms with van der Waals surface area (Å²) in [5.74, 6) is -1.58. The number of nitrogens with one attached hydrogen (secondary N) is 1. The molecule has 0 atom stereocenters. The van der Waals surface area contributed by atoms with Gasteiger partial charge in [-0.2, -0.15) is 0 Å². The number of ketones is 2. The first-order chi connectivity index (χ1) is 14.0. The number of aromatic nitrogens is 1. The van der Waals surface area contributed by atoms with Crippen LogP contribution in [-0.4, -0.2) is 35.2 Å². The third-order valence-corrected chi connectivity index (χ3v) is 4.40. The van der Waals surface area contributed by atoms with Crippen molar-refractivity contribution in [2.45, 2.75) is 6.92 Å². The molecule has 1 aromatic heterocycles. The van der Waals surface area contributed by atoms with Gasteiger partial charge >= 0.3 is 5.97 Å². The zero-order chi connectivity index (χ0) is 20.5. The molecule has 0 unspecified atom stereocenters. The Balaban J connectivity index is 1.55. The molecule has 8 heteroatoms. The molecule has 1 aliphatic rings. The lowest BCUT2D eigenvalue weighted by Crippen LogP contribution is -2.26. The van der Waals surface area contributed by atoms with Crippen molar-refractivity contribution in [3.8, 4) is 0 Å². The molecule has 2 aromatic carbocycles. The van der Waals surface area contributed by atoms with Crippen LogP contribution in [0.5, 0.6) is 0 Å². The molecule has 8 nitrogen and oxygen atoms in total. The third kappa shape index (κ3) is 3.31. The molecular weight excluding hydrogens is 376 g/mol. The van der Waals surface area contributed by atoms with Crippen LogP contribution >= 0.6 is 0 Å². The molecule has 4 rings (SSSR count). The first kappa shape index (κ1) is 18.3. The number of amides is 1. The van der Waals surface area contributed by atoms with Crippen molar-refractivity contribution in [3.05, 3.63) is 82.1 Å². The Morgan fingerprint density at radius 3 is 2.38 bits per heavy atom. The predicted octanol–water partition coefficient (Wildman–Crippen LogP) is 2.55. The second-order valence-electron chi connectivity index (χ2n) is 6.38. The number of ether oxygens (including phenoxy) is 1. The number of esters is 1. The summed E-state index contributed by atoms with van der Waals surface area (Å²) >= 11 is 0. The Morgan fingerprint density at radius 1 is 1.00 bits per heavy atom. The summed E-state index contributed by atoms with van der Waals surface area (Å²) in [6.45, 7) is 1.07. The average Bonchev–Trinajstić information content (AvgIpc) is 3.14. The molecule has 144 valence electrons. The van der Waals surface area contributed by atoms with Crippen LogP contribution in [0.4, 0.5) is 5.82 Å². The van der Waals surface area contributed by atoms with Crippen molar-refractivity contribution in [2.75, 3.05) is 11.9 Å². The maximum absolute atomic E-state index is 12.9. The zero-order valence-corrected chi connectivity index (χ0v) is 15.2. The van der Waals surface area contributed by atoms with Crippen LogP contribution in [-0.2, 0) is 9.53 Å². The highest BCUT2D eigenvalue weighted by Crippen LogP contribution is 2.29. The molecule has 1 heterocycles. The first-order valence-corrected chi connectivity index (χ1v) is 8.67. The van der Waals surface area contributed by atoms with Crippen molar-refractivity contribution in [3.63, 3.8) is 0 Å². The minimum Gasteiger partial charge on any atom is -0.452 e. The third-order valence-electron chi connectivity index (χ3n) is 4.40. The molecule has 0 bridgehead atoms. The van der Waals surface area contributed by atoms with E-state index in [2.05, 4.69) is 10.5 Å². The molecule has 0 saturated carbocycles. The quantitative estimate of drug-likeness (QED) is 0.532. The fraction of sp³-hybridized carbons (Fsp3) is 0.0952. The van der Waals surface area contributed by atoms with Crippen LogP contribution in [0.25, 0.3) is 0 Å². The number of carbonyl (C=O) groups is 4. The number of benzene rings is 2. The number of fused-ring (bicyclic) bond motifs is 2. The van der Waals surface area contributed by atoms with E-state index in [-0.39, 0.29) is 39.4 Å². The summed E-state index contributed by atoms with van der Waals surface area (Å²) in [5.41, 5.74) is 0.557. The van der Waals surface area contributed by atoms with E-state index in [9.17, 15) is 19.2 Å². The number of hydrogen-bond donors (Lipinski definition) is 1. The minimum atomic E-state index is -0.881. The van der Waals surface area contributed by atoms with Crippen LogP contribution in [0.2, 0.25) is 0 Å². The Morgan fingerprint density at radius 2 is 1.69 bits per heavy atom. The van der Waals surface area contributed by atoms with Crippen molar-refractivity contribution in [2.24, 2.45) is 0 Å². The second kappa shape index (κ2) is 7.16. The maximum atomic E-state index is 12.9. The molecule has 0 aliphatic heterocycles. The van der Waals surface area contributed by atoms with Gasteiger partial charge in [-0.05, 0) is 13.0 Å². The van der Waals surface area contributed by atoms with Gasteiger partial charge in [-0.25, -0.2) is 4.79 Å². The minimum absolute atomic E-state index is 0.0197. The fourth-order valence-corrected chi connectivity index (χ4v) is 3.13. The molecule has 1 aliphatic carbocycles. The lowest BCUT2D eigenvalue weighted by molar-refractivity contribution is -0.119. The summed E-state index contributed by atoms with van der Waals surface area (Å²) in [7, 11) is 0. The highest BCUT2D eigenvalue weighted by atomic mass is 16.5. The van der Waals surface area contributed by atoms with Gasteiger partial charge in [-0.15, -0.1) is 0 Å². The number of aryl methyl sites for hydroxylation is 1. The predicted molar refractivity (Wildman–Crippen MR) is 99.9 cm³/mol. The zero-order valence-electron chi connectivity index (χ0n) is 15.2. The summed E-state index contributed by atoms with van der Waals surface area (Å²) < 4.78 is 9.86. The van der Waals surface area contributed by atoms with Gasteiger partial charge in [0.05, 0.1) is 5.56 Å². The van der Waals surface area contributed by atoms with Gasteiger partial charge in [0, 0.05) is 28.3 Å². The smallest absolute Gasteiger partial charge is 0.339 e. The summed E-state index contributed by atoms with van der Waals surface area (Å²) in [4.78, 5) is 50.1. The van der Waals surface area contributed by atoms with E-state index in [1.54, 1.807) is 25.1 Å². The van der Waals surface area contributed by atoms with Gasteiger partial charge in [-0.1, -0.05) is 41.6 Å². The van der Waals surface area contributed by atoms with Gasteiger partial charge < -0.3 is 14.6 Å². The number of carbonyl (C=O) groups excluding carboxylic acids is 4. The van der Waals surface area contributed by atoms with E-state index in [1.165, 1.54) is 30.3 Å². The van der Waals surface area contributed by atoms with Crippen molar-refractivity contribution in [1.82, 2.24) is 5.16 Å². The van der Waals surface area contributed by atoms with Crippen molar-refractivity contribution in [1.29, 1.82) is 0 Å². The van der Waals surface area contributed by atoms with Crippen LogP contribution in [0.3, 0.4) is 0 Å². The van der Waals surface area contributed by atoms with Gasteiger partial charge in [0.2, 0.25) is 0 Å². The normalized spacial score (nSPS) is 12.2. The second-order valence-corrected chi connectivity index (χ2v) is 6.38. The molecule has 29 heavy (non-hydrogen) atoms. The molecule has 0 fully saturated rings. The molecule has 0 saturated heterocycles. The number of nitrogens with zero attached hydrogens (tertiary/aromatic N) is 1. The summed E-state index contributed by atoms with van der Waals surface area (Å²) in [6.07, 6.45) is 0. The van der Waals surface area contributed by atoms with E-state index in [1.807, 2.05) is 0 Å². The molecule has 0 radical (unpaired) electrons. The lowest BCUT2D eigenvalue weighted by atomic mass is 9.82. The van der Waals surface area contributed by atoms with E-state index in [4.69, 9.17) is 9.26 Å². The molecular formula is C21H14N2O6. The fourth-order valence-electron chi connectivity index (χ4n) is 3.13.